The second-order valence-corrected chi connectivity index (χ2v) is 6.68. The highest BCUT2D eigenvalue weighted by Crippen LogP contribution is 2.20. The van der Waals surface area contributed by atoms with E-state index in [9.17, 15) is 0 Å². The number of fused-ring (bicyclic) bond motifs is 1. The van der Waals surface area contributed by atoms with E-state index in [1.54, 1.807) is 0 Å². The fourth-order valence-corrected chi connectivity index (χ4v) is 3.93. The zero-order valence-electron chi connectivity index (χ0n) is 11.5. The number of benzene rings is 1. The SMILES string of the molecule is Cc1ccc2c(CCNC3CCSCC3)c[nH]c2c1. The van der Waals surface area contributed by atoms with Crippen molar-refractivity contribution in [3.05, 3.63) is 35.5 Å². The van der Waals surface area contributed by atoms with Crippen molar-refractivity contribution in [2.75, 3.05) is 18.1 Å². The summed E-state index contributed by atoms with van der Waals surface area (Å²) in [6, 6.07) is 7.41. The Bertz CT molecular complexity index is 541. The highest BCUT2D eigenvalue weighted by Gasteiger charge is 2.12. The van der Waals surface area contributed by atoms with Gasteiger partial charge >= 0.3 is 0 Å². The number of thioether (sulfide) groups is 1. The summed E-state index contributed by atoms with van der Waals surface area (Å²) in [7, 11) is 0. The van der Waals surface area contributed by atoms with E-state index in [1.165, 1.54) is 46.4 Å². The molecule has 1 aliphatic heterocycles. The topological polar surface area (TPSA) is 27.8 Å². The Morgan fingerprint density at radius 2 is 2.16 bits per heavy atom. The zero-order valence-corrected chi connectivity index (χ0v) is 12.4. The Morgan fingerprint density at radius 1 is 1.32 bits per heavy atom. The molecule has 2 nitrogen and oxygen atoms in total. The van der Waals surface area contributed by atoms with Crippen molar-refractivity contribution < 1.29 is 0 Å². The molecule has 2 aromatic rings. The number of aromatic amines is 1. The molecule has 1 aliphatic rings. The Morgan fingerprint density at radius 3 is 3.00 bits per heavy atom. The second kappa shape index (κ2) is 6.02. The fraction of sp³-hybridized carbons (Fsp3) is 0.500. The normalized spacial score (nSPS) is 17.1. The van der Waals surface area contributed by atoms with E-state index in [0.717, 1.165) is 19.0 Å². The lowest BCUT2D eigenvalue weighted by molar-refractivity contribution is 0.486. The number of hydrogen-bond donors (Lipinski definition) is 2. The van der Waals surface area contributed by atoms with Gasteiger partial charge in [0.2, 0.25) is 0 Å². The molecule has 2 heterocycles. The van der Waals surface area contributed by atoms with Gasteiger partial charge in [-0.1, -0.05) is 12.1 Å². The smallest absolute Gasteiger partial charge is 0.0459 e. The molecule has 1 fully saturated rings. The molecule has 1 saturated heterocycles. The number of aromatic nitrogens is 1. The number of aryl methyl sites for hydroxylation is 1. The molecule has 0 unspecified atom stereocenters. The van der Waals surface area contributed by atoms with Crippen LogP contribution in [0.15, 0.2) is 24.4 Å². The van der Waals surface area contributed by atoms with Crippen molar-refractivity contribution in [1.29, 1.82) is 0 Å². The maximum atomic E-state index is 3.71. The molecule has 0 atom stereocenters. The zero-order chi connectivity index (χ0) is 13.1. The Labute approximate surface area is 119 Å². The Balaban J connectivity index is 1.59. The summed E-state index contributed by atoms with van der Waals surface area (Å²) in [5.74, 6) is 2.65. The largest absolute Gasteiger partial charge is 0.361 e. The van der Waals surface area contributed by atoms with Gasteiger partial charge in [-0.15, -0.1) is 0 Å². The van der Waals surface area contributed by atoms with Gasteiger partial charge in [-0.25, -0.2) is 0 Å². The van der Waals surface area contributed by atoms with Crippen LogP contribution in [-0.4, -0.2) is 29.1 Å². The van der Waals surface area contributed by atoms with Crippen molar-refractivity contribution in [3.8, 4) is 0 Å². The van der Waals surface area contributed by atoms with Gasteiger partial charge in [0, 0.05) is 23.1 Å². The van der Waals surface area contributed by atoms with Crippen molar-refractivity contribution in [2.24, 2.45) is 0 Å². The number of nitrogens with one attached hydrogen (secondary N) is 2. The summed E-state index contributed by atoms with van der Waals surface area (Å²) in [6.07, 6.45) is 5.95. The molecular weight excluding hydrogens is 252 g/mol. The number of hydrogen-bond acceptors (Lipinski definition) is 2. The second-order valence-electron chi connectivity index (χ2n) is 5.45. The van der Waals surface area contributed by atoms with Gasteiger partial charge in [-0.3, -0.25) is 0 Å². The van der Waals surface area contributed by atoms with E-state index in [1.807, 2.05) is 0 Å². The van der Waals surface area contributed by atoms with Crippen LogP contribution in [0.5, 0.6) is 0 Å². The minimum atomic E-state index is 0.744. The van der Waals surface area contributed by atoms with E-state index < -0.39 is 0 Å². The highest BCUT2D eigenvalue weighted by atomic mass is 32.2. The van der Waals surface area contributed by atoms with Gasteiger partial charge in [0.25, 0.3) is 0 Å². The van der Waals surface area contributed by atoms with Gasteiger partial charge in [-0.2, -0.15) is 11.8 Å². The molecule has 0 aliphatic carbocycles. The summed E-state index contributed by atoms with van der Waals surface area (Å²) in [6.45, 7) is 3.23. The van der Waals surface area contributed by atoms with Crippen molar-refractivity contribution in [3.63, 3.8) is 0 Å². The minimum absolute atomic E-state index is 0.744. The lowest BCUT2D eigenvalue weighted by Crippen LogP contribution is -2.33. The first-order valence-corrected chi connectivity index (χ1v) is 8.36. The summed E-state index contributed by atoms with van der Waals surface area (Å²) < 4.78 is 0. The van der Waals surface area contributed by atoms with E-state index in [0.29, 0.717) is 0 Å². The molecule has 0 saturated carbocycles. The fourth-order valence-electron chi connectivity index (χ4n) is 2.82. The molecule has 0 bridgehead atoms. The first-order valence-electron chi connectivity index (χ1n) is 7.21. The van der Waals surface area contributed by atoms with Gasteiger partial charge in [-0.05, 0) is 61.4 Å². The van der Waals surface area contributed by atoms with Gasteiger partial charge in [0.1, 0.15) is 0 Å². The third kappa shape index (κ3) is 3.15. The standard InChI is InChI=1S/C16H22N2S/c1-12-2-3-15-13(11-18-16(15)10-12)4-7-17-14-5-8-19-9-6-14/h2-3,10-11,14,17-18H,4-9H2,1H3. The van der Waals surface area contributed by atoms with Crippen LogP contribution in [-0.2, 0) is 6.42 Å². The third-order valence-corrected chi connectivity index (χ3v) is 5.02. The van der Waals surface area contributed by atoms with Crippen molar-refractivity contribution >= 4 is 22.7 Å². The molecule has 1 aromatic carbocycles. The quantitative estimate of drug-likeness (QED) is 0.893. The first-order chi connectivity index (χ1) is 9.33. The minimum Gasteiger partial charge on any atom is -0.361 e. The van der Waals surface area contributed by atoms with Crippen LogP contribution in [0.2, 0.25) is 0 Å². The highest BCUT2D eigenvalue weighted by molar-refractivity contribution is 7.99. The molecule has 0 amide bonds. The molecule has 3 heteroatoms. The molecule has 3 rings (SSSR count). The van der Waals surface area contributed by atoms with Gasteiger partial charge in [0.15, 0.2) is 0 Å². The third-order valence-electron chi connectivity index (χ3n) is 3.97. The van der Waals surface area contributed by atoms with E-state index in [-0.39, 0.29) is 0 Å². The molecule has 102 valence electrons. The molecule has 2 N–H and O–H groups in total. The molecule has 1 aromatic heterocycles. The van der Waals surface area contributed by atoms with Gasteiger partial charge in [0.05, 0.1) is 0 Å². The van der Waals surface area contributed by atoms with Crippen LogP contribution < -0.4 is 5.32 Å². The molecule has 19 heavy (non-hydrogen) atoms. The summed E-state index contributed by atoms with van der Waals surface area (Å²) >= 11 is 2.09. The predicted octanol–water partition coefficient (Wildman–Crippen LogP) is 3.50. The van der Waals surface area contributed by atoms with Gasteiger partial charge < -0.3 is 10.3 Å². The maximum absolute atomic E-state index is 3.71. The molecular formula is C16H22N2S. The van der Waals surface area contributed by atoms with Crippen LogP contribution in [0.4, 0.5) is 0 Å². The van der Waals surface area contributed by atoms with Crippen LogP contribution >= 0.6 is 11.8 Å². The summed E-state index contributed by atoms with van der Waals surface area (Å²) in [4.78, 5) is 3.39. The molecule has 0 spiro atoms. The van der Waals surface area contributed by atoms with Crippen LogP contribution in [0, 0.1) is 6.92 Å². The van der Waals surface area contributed by atoms with E-state index in [2.05, 4.69) is 53.4 Å². The average Bonchev–Trinajstić information content (AvgIpc) is 2.82. The van der Waals surface area contributed by atoms with Crippen LogP contribution in [0.25, 0.3) is 10.9 Å². The lowest BCUT2D eigenvalue weighted by atomic mass is 10.1. The maximum Gasteiger partial charge on any atom is 0.0459 e. The summed E-state index contributed by atoms with van der Waals surface area (Å²) in [5.41, 5.74) is 4.02. The monoisotopic (exact) mass is 274 g/mol. The van der Waals surface area contributed by atoms with Crippen LogP contribution in [0.3, 0.4) is 0 Å². The average molecular weight is 274 g/mol. The number of H-pyrrole nitrogens is 1. The van der Waals surface area contributed by atoms with Crippen LogP contribution in [0.1, 0.15) is 24.0 Å². The van der Waals surface area contributed by atoms with E-state index in [4.69, 9.17) is 0 Å². The summed E-state index contributed by atoms with van der Waals surface area (Å²) in [5, 5.41) is 5.09. The number of rotatable bonds is 4. The van der Waals surface area contributed by atoms with Crippen molar-refractivity contribution in [1.82, 2.24) is 10.3 Å². The lowest BCUT2D eigenvalue weighted by Gasteiger charge is -2.22. The van der Waals surface area contributed by atoms with Crippen molar-refractivity contribution in [2.45, 2.75) is 32.2 Å². The predicted molar refractivity (Wildman–Crippen MR) is 85.1 cm³/mol. The Kier molecular flexibility index (Phi) is 4.14. The molecule has 0 radical (unpaired) electrons. The first kappa shape index (κ1) is 13.1. The van der Waals surface area contributed by atoms with E-state index >= 15 is 0 Å². The Hall–Kier alpha value is -0.930.